The number of sulfonamides is 1. The monoisotopic (exact) mass is 730 g/mol. The van der Waals surface area contributed by atoms with Crippen molar-refractivity contribution in [2.24, 2.45) is 5.92 Å². The molecule has 1 atom stereocenters. The number of anilines is 1. The van der Waals surface area contributed by atoms with E-state index in [2.05, 4.69) is 5.32 Å². The molecule has 1 unspecified atom stereocenters. The summed E-state index contributed by atoms with van der Waals surface area (Å²) in [5, 5.41) is 14.3. The molecule has 0 spiro atoms. The second kappa shape index (κ2) is 18.3. The van der Waals surface area contributed by atoms with Gasteiger partial charge in [-0.05, 0) is 97.1 Å². The van der Waals surface area contributed by atoms with E-state index in [0.717, 1.165) is 11.1 Å². The second-order valence-corrected chi connectivity index (χ2v) is 14.8. The van der Waals surface area contributed by atoms with Crippen molar-refractivity contribution in [1.82, 2.24) is 14.5 Å². The molecule has 0 aromatic heterocycles. The van der Waals surface area contributed by atoms with Gasteiger partial charge in [-0.15, -0.1) is 0 Å². The number of nitrogen functional groups attached to an aromatic ring is 1. The van der Waals surface area contributed by atoms with Crippen LogP contribution in [0.1, 0.15) is 50.7 Å². The lowest BCUT2D eigenvalue weighted by Gasteiger charge is -2.30. The van der Waals surface area contributed by atoms with Crippen molar-refractivity contribution in [1.29, 1.82) is 0 Å². The first-order valence-corrected chi connectivity index (χ1v) is 18.5. The van der Waals surface area contributed by atoms with E-state index < -0.39 is 16.1 Å². The van der Waals surface area contributed by atoms with Crippen LogP contribution in [0.4, 0.5) is 5.69 Å². The highest BCUT2D eigenvalue weighted by Gasteiger charge is 2.31. The van der Waals surface area contributed by atoms with E-state index in [1.807, 2.05) is 49.1 Å². The molecule has 0 fully saturated rings. The molecule has 4 rings (SSSR count). The fraction of sp³-hybridized carbons (Fsp3) is 0.472. The number of nitrogens with two attached hydrogens (primary N) is 1. The molecule has 50 heavy (non-hydrogen) atoms. The van der Waals surface area contributed by atoms with Crippen LogP contribution < -0.4 is 34.7 Å². The maximum Gasteiger partial charge on any atom is 0.243 e. The van der Waals surface area contributed by atoms with E-state index >= 15 is 0 Å². The van der Waals surface area contributed by atoms with Gasteiger partial charge in [0, 0.05) is 37.9 Å². The van der Waals surface area contributed by atoms with Gasteiger partial charge in [0.1, 0.15) is 0 Å². The number of unbranched alkanes of at least 4 members (excludes halogenated alkanes) is 1. The van der Waals surface area contributed by atoms with Crippen LogP contribution in [0.15, 0.2) is 59.5 Å². The van der Waals surface area contributed by atoms with Crippen molar-refractivity contribution < 1.29 is 37.2 Å². The summed E-state index contributed by atoms with van der Waals surface area (Å²) in [6.45, 7) is 5.80. The first-order valence-electron chi connectivity index (χ1n) is 16.7. The van der Waals surface area contributed by atoms with Crippen molar-refractivity contribution in [2.45, 2.75) is 63.6 Å². The van der Waals surface area contributed by atoms with Gasteiger partial charge in [0.25, 0.3) is 0 Å². The predicted octanol–water partition coefficient (Wildman–Crippen LogP) is 5.17. The lowest BCUT2D eigenvalue weighted by Crippen LogP contribution is -2.43. The SMILES string of the molecule is COc1cc(CN(Cc2ccc3c(c2)OCO3)C(=S)NCCCCC(CO)N(CCC(C)C)S(=O)(=O)c2ccc(N)cc2)cc(OC)c1OC. The van der Waals surface area contributed by atoms with Crippen LogP contribution in [0, 0.1) is 5.92 Å². The Hall–Kier alpha value is -3.98. The average Bonchev–Trinajstić information content (AvgIpc) is 3.58. The van der Waals surface area contributed by atoms with Crippen LogP contribution in [-0.4, -0.2) is 81.7 Å². The van der Waals surface area contributed by atoms with Gasteiger partial charge < -0.3 is 44.7 Å². The minimum atomic E-state index is -3.84. The molecule has 14 heteroatoms. The number of fused-ring (bicyclic) bond motifs is 1. The summed E-state index contributed by atoms with van der Waals surface area (Å²) in [7, 11) is 0.886. The Kier molecular flexibility index (Phi) is 14.2. The highest BCUT2D eigenvalue weighted by atomic mass is 32.2. The zero-order chi connectivity index (χ0) is 36.3. The Bertz CT molecular complexity index is 1650. The van der Waals surface area contributed by atoms with Gasteiger partial charge in [-0.1, -0.05) is 26.3 Å². The zero-order valence-corrected chi connectivity index (χ0v) is 31.1. The molecule has 3 aromatic carbocycles. The molecule has 1 heterocycles. The van der Waals surface area contributed by atoms with Gasteiger partial charge in [0.05, 0.1) is 32.8 Å². The molecule has 0 aliphatic carbocycles. The first kappa shape index (κ1) is 38.8. The molecule has 4 N–H and O–H groups in total. The molecule has 0 radical (unpaired) electrons. The number of thiocarbonyl (C=S) groups is 1. The first-order chi connectivity index (χ1) is 24.0. The van der Waals surface area contributed by atoms with Gasteiger partial charge >= 0.3 is 0 Å². The minimum absolute atomic E-state index is 0.163. The van der Waals surface area contributed by atoms with E-state index in [4.69, 9.17) is 41.6 Å². The Morgan fingerprint density at radius 3 is 2.20 bits per heavy atom. The average molecular weight is 731 g/mol. The number of ether oxygens (including phenoxy) is 5. The van der Waals surface area contributed by atoms with E-state index in [-0.39, 0.29) is 18.3 Å². The molecular formula is C36H50N4O8S2. The standard InChI is InChI=1S/C36H50N4O8S2/c1-25(2)15-17-40(50(42,43)30-12-10-28(37)11-13-30)29(23-41)8-6-7-16-38-36(49)39(21-26-9-14-31-32(18-26)48-24-47-31)22-27-19-33(44-3)35(46-5)34(20-27)45-4/h9-14,18-20,25,29,41H,6-8,15-17,21-24,37H2,1-5H3,(H,38,49). The predicted molar refractivity (Wildman–Crippen MR) is 197 cm³/mol. The molecule has 0 saturated carbocycles. The van der Waals surface area contributed by atoms with Crippen molar-refractivity contribution in [3.63, 3.8) is 0 Å². The lowest BCUT2D eigenvalue weighted by molar-refractivity contribution is 0.172. The van der Waals surface area contributed by atoms with Crippen molar-refractivity contribution >= 4 is 33.0 Å². The number of rotatable bonds is 19. The number of aliphatic hydroxyl groups excluding tert-OH is 1. The fourth-order valence-electron chi connectivity index (χ4n) is 5.70. The van der Waals surface area contributed by atoms with Crippen LogP contribution in [0.2, 0.25) is 0 Å². The van der Waals surface area contributed by atoms with Crippen molar-refractivity contribution in [3.8, 4) is 28.7 Å². The van der Waals surface area contributed by atoms with Gasteiger partial charge in [-0.25, -0.2) is 8.42 Å². The fourth-order valence-corrected chi connectivity index (χ4v) is 7.60. The van der Waals surface area contributed by atoms with Crippen molar-refractivity contribution in [2.75, 3.05) is 53.6 Å². The van der Waals surface area contributed by atoms with E-state index in [0.29, 0.717) is 97.3 Å². The second-order valence-electron chi connectivity index (χ2n) is 12.5. The third-order valence-electron chi connectivity index (χ3n) is 8.47. The Morgan fingerprint density at radius 1 is 0.920 bits per heavy atom. The molecule has 274 valence electrons. The number of hydrogen-bond acceptors (Lipinski definition) is 10. The molecule has 0 bridgehead atoms. The third-order valence-corrected chi connectivity index (χ3v) is 10.8. The number of hydrogen-bond donors (Lipinski definition) is 3. The molecule has 12 nitrogen and oxygen atoms in total. The topological polar surface area (TPSA) is 145 Å². The quantitative estimate of drug-likeness (QED) is 0.0851. The Labute approximate surface area is 301 Å². The summed E-state index contributed by atoms with van der Waals surface area (Å²) in [5.41, 5.74) is 8.18. The van der Waals surface area contributed by atoms with E-state index in [9.17, 15) is 13.5 Å². The van der Waals surface area contributed by atoms with Gasteiger partial charge in [-0.3, -0.25) is 0 Å². The molecule has 3 aromatic rings. The summed E-state index contributed by atoms with van der Waals surface area (Å²) in [6, 6.07) is 15.2. The summed E-state index contributed by atoms with van der Waals surface area (Å²) in [4.78, 5) is 2.20. The smallest absolute Gasteiger partial charge is 0.243 e. The highest BCUT2D eigenvalue weighted by Crippen LogP contribution is 2.39. The number of benzene rings is 3. The number of methoxy groups -OCH3 is 3. The molecule has 1 aliphatic heterocycles. The number of aliphatic hydroxyl groups is 1. The minimum Gasteiger partial charge on any atom is -0.493 e. The van der Waals surface area contributed by atoms with Crippen LogP contribution in [0.25, 0.3) is 0 Å². The van der Waals surface area contributed by atoms with Gasteiger partial charge in [0.15, 0.2) is 28.1 Å². The molecular weight excluding hydrogens is 681 g/mol. The number of nitrogens with zero attached hydrogens (tertiary/aromatic N) is 2. The largest absolute Gasteiger partial charge is 0.493 e. The van der Waals surface area contributed by atoms with Crippen LogP contribution in [0.3, 0.4) is 0 Å². The zero-order valence-electron chi connectivity index (χ0n) is 29.5. The summed E-state index contributed by atoms with van der Waals surface area (Å²) >= 11 is 5.92. The van der Waals surface area contributed by atoms with E-state index in [1.54, 1.807) is 33.5 Å². The third kappa shape index (κ3) is 10.1. The maximum absolute atomic E-state index is 13.7. The Morgan fingerprint density at radius 2 is 1.58 bits per heavy atom. The normalized spacial score (nSPS) is 13.0. The van der Waals surface area contributed by atoms with Crippen LogP contribution in [-0.2, 0) is 23.1 Å². The highest BCUT2D eigenvalue weighted by molar-refractivity contribution is 7.89. The van der Waals surface area contributed by atoms with Crippen LogP contribution in [0.5, 0.6) is 28.7 Å². The summed E-state index contributed by atoms with van der Waals surface area (Å²) in [6.07, 6.45) is 2.54. The van der Waals surface area contributed by atoms with Gasteiger partial charge in [0.2, 0.25) is 22.6 Å². The molecule has 1 aliphatic rings. The lowest BCUT2D eigenvalue weighted by atomic mass is 10.1. The summed E-state index contributed by atoms with van der Waals surface area (Å²) in [5.74, 6) is 3.28. The summed E-state index contributed by atoms with van der Waals surface area (Å²) < 4.78 is 56.6. The Balaban J connectivity index is 1.43. The van der Waals surface area contributed by atoms with E-state index in [1.165, 1.54) is 16.4 Å². The van der Waals surface area contributed by atoms with Crippen LogP contribution >= 0.6 is 12.2 Å². The number of nitrogens with one attached hydrogen (secondary N) is 1. The molecule has 0 saturated heterocycles. The van der Waals surface area contributed by atoms with Crippen molar-refractivity contribution in [3.05, 3.63) is 65.7 Å². The maximum atomic E-state index is 13.7. The molecule has 0 amide bonds. The van der Waals surface area contributed by atoms with Gasteiger partial charge in [-0.2, -0.15) is 4.31 Å².